The maximum absolute atomic E-state index is 11.0. The molecule has 0 bridgehead atoms. The highest BCUT2D eigenvalue weighted by molar-refractivity contribution is 5.42. The van der Waals surface area contributed by atoms with Crippen molar-refractivity contribution >= 4 is 0 Å². The minimum absolute atomic E-state index is 0.580. The molecule has 1 atom stereocenters. The van der Waals surface area contributed by atoms with Crippen molar-refractivity contribution < 1.29 is 9.84 Å². The van der Waals surface area contributed by atoms with E-state index in [1.165, 1.54) is 0 Å². The Morgan fingerprint density at radius 2 is 1.95 bits per heavy atom. The molecule has 106 valence electrons. The quantitative estimate of drug-likeness (QED) is 0.927. The van der Waals surface area contributed by atoms with E-state index in [2.05, 4.69) is 4.98 Å². The van der Waals surface area contributed by atoms with Gasteiger partial charge in [0.2, 0.25) is 0 Å². The molecule has 0 saturated carbocycles. The summed E-state index contributed by atoms with van der Waals surface area (Å²) in [6, 6.07) is 7.93. The normalized spacial score (nSPS) is 13.8. The first-order chi connectivity index (χ1) is 9.45. The van der Waals surface area contributed by atoms with Gasteiger partial charge in [0.25, 0.3) is 0 Å². The molecule has 0 spiro atoms. The monoisotopic (exact) mass is 271 g/mol. The van der Waals surface area contributed by atoms with E-state index < -0.39 is 5.60 Å². The zero-order valence-electron chi connectivity index (χ0n) is 12.5. The average Bonchev–Trinajstić information content (AvgIpc) is 2.42. The molecule has 3 nitrogen and oxygen atoms in total. The molecule has 20 heavy (non-hydrogen) atoms. The van der Waals surface area contributed by atoms with Gasteiger partial charge in [0.15, 0.2) is 0 Å². The molecule has 2 aromatic rings. The van der Waals surface area contributed by atoms with E-state index in [4.69, 9.17) is 4.74 Å². The zero-order valence-corrected chi connectivity index (χ0v) is 12.5. The van der Waals surface area contributed by atoms with E-state index >= 15 is 0 Å². The lowest BCUT2D eigenvalue weighted by Gasteiger charge is -2.26. The van der Waals surface area contributed by atoms with E-state index in [0.29, 0.717) is 12.4 Å². The largest absolute Gasteiger partial charge is 0.492 e. The van der Waals surface area contributed by atoms with E-state index in [1.54, 1.807) is 19.3 Å². The maximum atomic E-state index is 11.0. The van der Waals surface area contributed by atoms with Gasteiger partial charge in [0, 0.05) is 11.8 Å². The Bertz CT molecular complexity index is 606. The van der Waals surface area contributed by atoms with E-state index in [0.717, 1.165) is 22.3 Å². The topological polar surface area (TPSA) is 42.4 Å². The van der Waals surface area contributed by atoms with Crippen LogP contribution in [-0.4, -0.2) is 16.7 Å². The molecule has 1 aromatic carbocycles. The molecule has 1 aromatic heterocycles. The van der Waals surface area contributed by atoms with Crippen LogP contribution in [0.4, 0.5) is 0 Å². The van der Waals surface area contributed by atoms with Crippen LogP contribution in [0, 0.1) is 13.8 Å². The fraction of sp³-hybridized carbons (Fsp3) is 0.353. The highest BCUT2D eigenvalue weighted by Gasteiger charge is 2.28. The molecule has 0 aliphatic rings. The maximum Gasteiger partial charge on any atom is 0.137 e. The second-order valence-corrected chi connectivity index (χ2v) is 5.23. The SMILES string of the molecule is CCOc1cncc(C(C)(O)c2cc(C)ccc2C)c1. The summed E-state index contributed by atoms with van der Waals surface area (Å²) in [6.07, 6.45) is 3.34. The van der Waals surface area contributed by atoms with Gasteiger partial charge >= 0.3 is 0 Å². The number of pyridine rings is 1. The smallest absolute Gasteiger partial charge is 0.137 e. The summed E-state index contributed by atoms with van der Waals surface area (Å²) in [5.74, 6) is 0.676. The summed E-state index contributed by atoms with van der Waals surface area (Å²) in [4.78, 5) is 4.16. The van der Waals surface area contributed by atoms with Crippen molar-refractivity contribution in [1.82, 2.24) is 4.98 Å². The second-order valence-electron chi connectivity index (χ2n) is 5.23. The van der Waals surface area contributed by atoms with Crippen molar-refractivity contribution in [3.8, 4) is 5.75 Å². The predicted molar refractivity (Wildman–Crippen MR) is 80.0 cm³/mol. The van der Waals surface area contributed by atoms with Crippen LogP contribution in [0.3, 0.4) is 0 Å². The number of rotatable bonds is 4. The van der Waals surface area contributed by atoms with Crippen molar-refractivity contribution in [2.24, 2.45) is 0 Å². The molecule has 0 aliphatic heterocycles. The summed E-state index contributed by atoms with van der Waals surface area (Å²) in [6.45, 7) is 8.32. The molecule has 1 unspecified atom stereocenters. The van der Waals surface area contributed by atoms with Crippen molar-refractivity contribution in [2.75, 3.05) is 6.61 Å². The van der Waals surface area contributed by atoms with Crippen LogP contribution < -0.4 is 4.74 Å². The molecule has 0 radical (unpaired) electrons. The standard InChI is InChI=1S/C17H21NO2/c1-5-20-15-9-14(10-18-11-15)17(4,19)16-8-12(2)6-7-13(16)3/h6-11,19H,5H2,1-4H3. The van der Waals surface area contributed by atoms with Crippen molar-refractivity contribution in [2.45, 2.75) is 33.3 Å². The van der Waals surface area contributed by atoms with Gasteiger partial charge in [-0.15, -0.1) is 0 Å². The number of hydrogen-bond acceptors (Lipinski definition) is 3. The Balaban J connectivity index is 2.48. The molecule has 1 N–H and O–H groups in total. The molecule has 1 heterocycles. The van der Waals surface area contributed by atoms with E-state index in [-0.39, 0.29) is 0 Å². The Morgan fingerprint density at radius 1 is 1.20 bits per heavy atom. The number of ether oxygens (including phenoxy) is 1. The number of aliphatic hydroxyl groups is 1. The second kappa shape index (κ2) is 5.63. The third-order valence-electron chi connectivity index (χ3n) is 3.50. The first-order valence-electron chi connectivity index (χ1n) is 6.83. The van der Waals surface area contributed by atoms with Crippen molar-refractivity contribution in [3.63, 3.8) is 0 Å². The Morgan fingerprint density at radius 3 is 2.65 bits per heavy atom. The first-order valence-corrected chi connectivity index (χ1v) is 6.83. The van der Waals surface area contributed by atoms with Gasteiger partial charge in [-0.05, 0) is 44.9 Å². The minimum Gasteiger partial charge on any atom is -0.492 e. The first kappa shape index (κ1) is 14.5. The summed E-state index contributed by atoms with van der Waals surface area (Å²) in [7, 11) is 0. The average molecular weight is 271 g/mol. The highest BCUT2D eigenvalue weighted by Crippen LogP contribution is 2.33. The third kappa shape index (κ3) is 2.83. The van der Waals surface area contributed by atoms with Crippen LogP contribution in [0.1, 0.15) is 36.1 Å². The van der Waals surface area contributed by atoms with Crippen molar-refractivity contribution in [3.05, 3.63) is 58.9 Å². The lowest BCUT2D eigenvalue weighted by molar-refractivity contribution is 0.101. The third-order valence-corrected chi connectivity index (χ3v) is 3.50. The lowest BCUT2D eigenvalue weighted by atomic mass is 9.85. The highest BCUT2D eigenvalue weighted by atomic mass is 16.5. The Hall–Kier alpha value is -1.87. The molecular weight excluding hydrogens is 250 g/mol. The van der Waals surface area contributed by atoms with Gasteiger partial charge in [-0.2, -0.15) is 0 Å². The van der Waals surface area contributed by atoms with E-state index in [9.17, 15) is 5.11 Å². The summed E-state index contributed by atoms with van der Waals surface area (Å²) in [5.41, 5.74) is 2.73. The van der Waals surface area contributed by atoms with Crippen LogP contribution in [0.2, 0.25) is 0 Å². The zero-order chi connectivity index (χ0) is 14.8. The summed E-state index contributed by atoms with van der Waals surface area (Å²) < 4.78 is 5.46. The Labute approximate surface area is 120 Å². The molecular formula is C17H21NO2. The van der Waals surface area contributed by atoms with Crippen molar-refractivity contribution in [1.29, 1.82) is 0 Å². The molecule has 0 amide bonds. The fourth-order valence-electron chi connectivity index (χ4n) is 2.35. The Kier molecular flexibility index (Phi) is 4.09. The number of benzene rings is 1. The fourth-order valence-corrected chi connectivity index (χ4v) is 2.35. The van der Waals surface area contributed by atoms with Gasteiger partial charge in [0.05, 0.1) is 12.8 Å². The van der Waals surface area contributed by atoms with Gasteiger partial charge < -0.3 is 9.84 Å². The van der Waals surface area contributed by atoms with Gasteiger partial charge in [-0.3, -0.25) is 4.98 Å². The molecule has 0 saturated heterocycles. The molecule has 0 aliphatic carbocycles. The van der Waals surface area contributed by atoms with Crippen LogP contribution >= 0.6 is 0 Å². The summed E-state index contributed by atoms with van der Waals surface area (Å²) >= 11 is 0. The number of nitrogens with zero attached hydrogens (tertiary/aromatic N) is 1. The molecule has 3 heteroatoms. The van der Waals surface area contributed by atoms with Gasteiger partial charge in [-0.25, -0.2) is 0 Å². The lowest BCUT2D eigenvalue weighted by Crippen LogP contribution is -2.24. The molecule has 0 fully saturated rings. The van der Waals surface area contributed by atoms with Crippen LogP contribution in [0.5, 0.6) is 5.75 Å². The van der Waals surface area contributed by atoms with Gasteiger partial charge in [0.1, 0.15) is 11.4 Å². The minimum atomic E-state index is -1.09. The van der Waals surface area contributed by atoms with Gasteiger partial charge in [-0.1, -0.05) is 23.8 Å². The number of hydrogen-bond donors (Lipinski definition) is 1. The number of aryl methyl sites for hydroxylation is 2. The van der Waals surface area contributed by atoms with E-state index in [1.807, 2.05) is 45.0 Å². The van der Waals surface area contributed by atoms with Crippen LogP contribution in [0.25, 0.3) is 0 Å². The summed E-state index contributed by atoms with van der Waals surface area (Å²) in [5, 5.41) is 11.0. The van der Waals surface area contributed by atoms with Crippen LogP contribution in [0.15, 0.2) is 36.7 Å². The number of aromatic nitrogens is 1. The predicted octanol–water partition coefficient (Wildman–Crippen LogP) is 3.35. The molecule has 2 rings (SSSR count). The van der Waals surface area contributed by atoms with Crippen LogP contribution in [-0.2, 0) is 5.60 Å².